The molecule has 1 aliphatic rings. The van der Waals surface area contributed by atoms with Gasteiger partial charge in [-0.05, 0) is 19.4 Å². The first-order valence-electron chi connectivity index (χ1n) is 4.10. The van der Waals surface area contributed by atoms with E-state index in [2.05, 4.69) is 11.0 Å². The van der Waals surface area contributed by atoms with Crippen LogP contribution in [0.3, 0.4) is 0 Å². The molecule has 0 amide bonds. The molecule has 0 radical (unpaired) electrons. The van der Waals surface area contributed by atoms with Crippen molar-refractivity contribution in [3.63, 3.8) is 0 Å². The molecule has 0 aromatic carbocycles. The van der Waals surface area contributed by atoms with Gasteiger partial charge in [-0.3, -0.25) is 4.90 Å². The molecule has 0 aliphatic carbocycles. The van der Waals surface area contributed by atoms with E-state index < -0.39 is 0 Å². The maximum Gasteiger partial charge on any atom is 0.0793 e. The Balaban J connectivity index is 1.86. The van der Waals surface area contributed by atoms with Crippen LogP contribution < -0.4 is 0 Å². The van der Waals surface area contributed by atoms with Gasteiger partial charge in [-0.15, -0.1) is 0 Å². The Kier molecular flexibility index (Phi) is 3.34. The lowest BCUT2D eigenvalue weighted by Gasteiger charge is -2.35. The minimum absolute atomic E-state index is 0.0917. The molecule has 3 heteroatoms. The largest absolute Gasteiger partial charge is 0.390 e. The number of aliphatic hydroxyl groups is 1. The van der Waals surface area contributed by atoms with Crippen LogP contribution in [0.4, 0.5) is 0 Å². The average Bonchev–Trinajstić information content (AvgIpc) is 1.94. The first-order valence-corrected chi connectivity index (χ1v) is 4.10. The highest BCUT2D eigenvalue weighted by atomic mass is 16.3. The Hall–Kier alpha value is -0.590. The lowest BCUT2D eigenvalue weighted by Crippen LogP contribution is -2.50. The monoisotopic (exact) mass is 154 g/mol. The third kappa shape index (κ3) is 2.87. The number of nitriles is 1. The van der Waals surface area contributed by atoms with Crippen molar-refractivity contribution in [1.82, 2.24) is 4.90 Å². The molecule has 1 saturated heterocycles. The van der Waals surface area contributed by atoms with Crippen LogP contribution in [0.5, 0.6) is 0 Å². The first-order chi connectivity index (χ1) is 5.33. The van der Waals surface area contributed by atoms with E-state index in [0.717, 1.165) is 32.5 Å². The molecule has 1 aliphatic heterocycles. The van der Waals surface area contributed by atoms with Crippen molar-refractivity contribution < 1.29 is 5.11 Å². The molecule has 3 nitrogen and oxygen atoms in total. The van der Waals surface area contributed by atoms with Gasteiger partial charge in [0.25, 0.3) is 0 Å². The SMILES string of the molecule is N#CCCCCN1CC(O)C1. The predicted octanol–water partition coefficient (Wildman–Crippen LogP) is 0.357. The van der Waals surface area contributed by atoms with Crippen LogP contribution in [0.1, 0.15) is 19.3 Å². The molecule has 0 bridgehead atoms. The number of unbranched alkanes of at least 4 members (excludes halogenated alkanes) is 2. The zero-order valence-corrected chi connectivity index (χ0v) is 6.66. The Morgan fingerprint density at radius 3 is 2.73 bits per heavy atom. The van der Waals surface area contributed by atoms with E-state index >= 15 is 0 Å². The van der Waals surface area contributed by atoms with E-state index in [1.165, 1.54) is 0 Å². The average molecular weight is 154 g/mol. The van der Waals surface area contributed by atoms with Crippen molar-refractivity contribution in [2.24, 2.45) is 0 Å². The van der Waals surface area contributed by atoms with Gasteiger partial charge in [0.05, 0.1) is 12.2 Å². The van der Waals surface area contributed by atoms with Crippen LogP contribution in [-0.2, 0) is 0 Å². The van der Waals surface area contributed by atoms with Crippen molar-refractivity contribution in [3.8, 4) is 6.07 Å². The highest BCUT2D eigenvalue weighted by molar-refractivity contribution is 4.78. The Morgan fingerprint density at radius 2 is 2.18 bits per heavy atom. The van der Waals surface area contributed by atoms with Gasteiger partial charge in [-0.1, -0.05) is 0 Å². The smallest absolute Gasteiger partial charge is 0.0793 e. The van der Waals surface area contributed by atoms with Gasteiger partial charge in [-0.2, -0.15) is 5.26 Å². The molecule has 11 heavy (non-hydrogen) atoms. The maximum atomic E-state index is 8.93. The van der Waals surface area contributed by atoms with Crippen LogP contribution >= 0.6 is 0 Å². The van der Waals surface area contributed by atoms with Gasteiger partial charge >= 0.3 is 0 Å². The topological polar surface area (TPSA) is 47.3 Å². The predicted molar refractivity (Wildman–Crippen MR) is 41.9 cm³/mol. The van der Waals surface area contributed by atoms with E-state index in [4.69, 9.17) is 10.4 Å². The molecule has 0 unspecified atom stereocenters. The number of β-amino-alcohol motifs (C(OH)–C–C–N with tert-alkyl or cyclic N) is 1. The van der Waals surface area contributed by atoms with Crippen molar-refractivity contribution in [2.75, 3.05) is 19.6 Å². The third-order valence-corrected chi connectivity index (χ3v) is 1.95. The van der Waals surface area contributed by atoms with E-state index in [9.17, 15) is 0 Å². The second-order valence-electron chi connectivity index (χ2n) is 3.03. The van der Waals surface area contributed by atoms with Crippen molar-refractivity contribution in [3.05, 3.63) is 0 Å². The molecular weight excluding hydrogens is 140 g/mol. The number of likely N-dealkylation sites (tertiary alicyclic amines) is 1. The van der Waals surface area contributed by atoms with Gasteiger partial charge in [0, 0.05) is 19.5 Å². The van der Waals surface area contributed by atoms with E-state index in [-0.39, 0.29) is 6.10 Å². The first kappa shape index (κ1) is 8.51. The van der Waals surface area contributed by atoms with E-state index in [1.54, 1.807) is 0 Å². The van der Waals surface area contributed by atoms with Gasteiger partial charge in [0.15, 0.2) is 0 Å². The third-order valence-electron chi connectivity index (χ3n) is 1.95. The maximum absolute atomic E-state index is 8.93. The Labute approximate surface area is 67.2 Å². The van der Waals surface area contributed by atoms with Crippen molar-refractivity contribution in [1.29, 1.82) is 5.26 Å². The van der Waals surface area contributed by atoms with Crippen LogP contribution in [-0.4, -0.2) is 35.7 Å². The second kappa shape index (κ2) is 4.32. The summed E-state index contributed by atoms with van der Waals surface area (Å²) in [4.78, 5) is 2.21. The molecule has 0 aromatic heterocycles. The second-order valence-corrected chi connectivity index (χ2v) is 3.03. The van der Waals surface area contributed by atoms with Gasteiger partial charge in [0.1, 0.15) is 0 Å². The molecule has 1 N–H and O–H groups in total. The molecule has 0 saturated carbocycles. The summed E-state index contributed by atoms with van der Waals surface area (Å²) in [5, 5.41) is 17.2. The summed E-state index contributed by atoms with van der Waals surface area (Å²) in [5.74, 6) is 0. The van der Waals surface area contributed by atoms with E-state index in [1.807, 2.05) is 0 Å². The lowest BCUT2D eigenvalue weighted by molar-refractivity contribution is 0.00160. The molecule has 0 atom stereocenters. The molecular formula is C8H14N2O. The fourth-order valence-corrected chi connectivity index (χ4v) is 1.26. The number of hydrogen-bond acceptors (Lipinski definition) is 3. The number of hydrogen-bond donors (Lipinski definition) is 1. The van der Waals surface area contributed by atoms with Gasteiger partial charge in [0.2, 0.25) is 0 Å². The quantitative estimate of drug-likeness (QED) is 0.595. The standard InChI is InChI=1S/C8H14N2O/c9-4-2-1-3-5-10-6-8(11)7-10/h8,11H,1-3,5-7H2. The summed E-state index contributed by atoms with van der Waals surface area (Å²) in [6.45, 7) is 2.69. The highest BCUT2D eigenvalue weighted by Crippen LogP contribution is 2.08. The molecule has 1 rings (SSSR count). The summed E-state index contributed by atoms with van der Waals surface area (Å²) in [6, 6.07) is 2.12. The summed E-state index contributed by atoms with van der Waals surface area (Å²) < 4.78 is 0. The minimum Gasteiger partial charge on any atom is -0.390 e. The van der Waals surface area contributed by atoms with Crippen molar-refractivity contribution >= 4 is 0 Å². The molecule has 0 aromatic rings. The Bertz CT molecular complexity index is 147. The van der Waals surface area contributed by atoms with Gasteiger partial charge < -0.3 is 5.11 Å². The molecule has 62 valence electrons. The fraction of sp³-hybridized carbons (Fsp3) is 0.875. The minimum atomic E-state index is -0.0917. The van der Waals surface area contributed by atoms with Crippen LogP contribution in [0.2, 0.25) is 0 Å². The molecule has 0 spiro atoms. The fourth-order valence-electron chi connectivity index (χ4n) is 1.26. The zero-order chi connectivity index (χ0) is 8.10. The van der Waals surface area contributed by atoms with Crippen LogP contribution in [0.15, 0.2) is 0 Å². The zero-order valence-electron chi connectivity index (χ0n) is 6.66. The Morgan fingerprint density at radius 1 is 1.45 bits per heavy atom. The summed E-state index contributed by atoms with van der Waals surface area (Å²) in [6.07, 6.45) is 2.64. The summed E-state index contributed by atoms with van der Waals surface area (Å²) in [7, 11) is 0. The lowest BCUT2D eigenvalue weighted by atomic mass is 10.1. The number of nitrogens with zero attached hydrogens (tertiary/aromatic N) is 2. The molecule has 1 fully saturated rings. The van der Waals surface area contributed by atoms with Gasteiger partial charge in [-0.25, -0.2) is 0 Å². The van der Waals surface area contributed by atoms with Crippen LogP contribution in [0.25, 0.3) is 0 Å². The van der Waals surface area contributed by atoms with Crippen LogP contribution in [0, 0.1) is 11.3 Å². The molecule has 1 heterocycles. The number of rotatable bonds is 4. The van der Waals surface area contributed by atoms with E-state index in [0.29, 0.717) is 6.42 Å². The highest BCUT2D eigenvalue weighted by Gasteiger charge is 2.22. The normalized spacial score (nSPS) is 19.3. The summed E-state index contributed by atoms with van der Waals surface area (Å²) in [5.41, 5.74) is 0. The summed E-state index contributed by atoms with van der Waals surface area (Å²) >= 11 is 0. The number of aliphatic hydroxyl groups excluding tert-OH is 1. The van der Waals surface area contributed by atoms with Crippen molar-refractivity contribution in [2.45, 2.75) is 25.4 Å².